The van der Waals surface area contributed by atoms with Gasteiger partial charge < -0.3 is 9.80 Å². The highest BCUT2D eigenvalue weighted by molar-refractivity contribution is 7.80. The summed E-state index contributed by atoms with van der Waals surface area (Å²) in [4.78, 5) is 7.15. The molecule has 2 fully saturated rings. The van der Waals surface area contributed by atoms with Gasteiger partial charge in [0.1, 0.15) is 0 Å². The summed E-state index contributed by atoms with van der Waals surface area (Å²) in [5, 5.41) is 1.04. The first-order valence-electron chi connectivity index (χ1n) is 5.66. The molecular weight excluding hydrogens is 206 g/mol. The van der Waals surface area contributed by atoms with Crippen molar-refractivity contribution in [3.63, 3.8) is 0 Å². The zero-order valence-electron chi connectivity index (χ0n) is 10.2. The van der Waals surface area contributed by atoms with E-state index in [4.69, 9.17) is 12.2 Å². The molecule has 0 radical (unpaired) electrons. The van der Waals surface area contributed by atoms with E-state index in [9.17, 15) is 0 Å². The van der Waals surface area contributed by atoms with E-state index < -0.39 is 0 Å². The summed E-state index contributed by atoms with van der Waals surface area (Å²) in [7, 11) is 2.10. The fourth-order valence-electron chi connectivity index (χ4n) is 2.49. The van der Waals surface area contributed by atoms with E-state index in [-0.39, 0.29) is 5.54 Å². The summed E-state index contributed by atoms with van der Waals surface area (Å²) < 4.78 is 0. The summed E-state index contributed by atoms with van der Waals surface area (Å²) in [6.07, 6.45) is 0. The fourth-order valence-corrected chi connectivity index (χ4v) is 2.80. The van der Waals surface area contributed by atoms with Crippen molar-refractivity contribution in [1.82, 2.24) is 14.7 Å². The highest BCUT2D eigenvalue weighted by Gasteiger charge is 2.38. The van der Waals surface area contributed by atoms with Crippen LogP contribution in [0.25, 0.3) is 0 Å². The van der Waals surface area contributed by atoms with Gasteiger partial charge in [-0.3, -0.25) is 4.90 Å². The lowest BCUT2D eigenvalue weighted by molar-refractivity contribution is 0.0639. The van der Waals surface area contributed by atoms with Crippen molar-refractivity contribution in [2.75, 3.05) is 33.2 Å². The Kier molecular flexibility index (Phi) is 2.67. The van der Waals surface area contributed by atoms with Gasteiger partial charge in [0, 0.05) is 38.8 Å². The van der Waals surface area contributed by atoms with E-state index in [1.54, 1.807) is 0 Å². The van der Waals surface area contributed by atoms with Gasteiger partial charge in [-0.15, -0.1) is 0 Å². The number of thiocarbonyl (C=S) groups is 1. The Balaban J connectivity index is 2.06. The topological polar surface area (TPSA) is 9.72 Å². The molecule has 2 heterocycles. The summed E-state index contributed by atoms with van der Waals surface area (Å²) in [5.74, 6) is 0. The van der Waals surface area contributed by atoms with E-state index in [1.165, 1.54) is 0 Å². The first kappa shape index (κ1) is 11.1. The predicted molar refractivity (Wildman–Crippen MR) is 67.0 cm³/mol. The van der Waals surface area contributed by atoms with Gasteiger partial charge in [0.15, 0.2) is 5.11 Å². The van der Waals surface area contributed by atoms with Crippen LogP contribution in [0.5, 0.6) is 0 Å². The van der Waals surface area contributed by atoms with Gasteiger partial charge in [-0.25, -0.2) is 0 Å². The van der Waals surface area contributed by atoms with Gasteiger partial charge in [-0.1, -0.05) is 0 Å². The Bertz CT molecular complexity index is 271. The third-order valence-electron chi connectivity index (χ3n) is 3.49. The lowest BCUT2D eigenvalue weighted by Gasteiger charge is -2.44. The van der Waals surface area contributed by atoms with Crippen molar-refractivity contribution in [2.24, 2.45) is 0 Å². The average molecular weight is 227 g/mol. The minimum atomic E-state index is 0.287. The molecule has 0 amide bonds. The zero-order chi connectivity index (χ0) is 11.2. The monoisotopic (exact) mass is 227 g/mol. The summed E-state index contributed by atoms with van der Waals surface area (Å²) in [6, 6.07) is 0.607. The number of likely N-dealkylation sites (N-methyl/N-ethyl adjacent to an activating group) is 1. The Morgan fingerprint density at radius 2 is 1.87 bits per heavy atom. The van der Waals surface area contributed by atoms with Gasteiger partial charge in [0.05, 0.1) is 6.04 Å². The molecule has 15 heavy (non-hydrogen) atoms. The summed E-state index contributed by atoms with van der Waals surface area (Å²) >= 11 is 5.40. The molecule has 0 saturated carbocycles. The number of piperazine rings is 1. The van der Waals surface area contributed by atoms with Crippen LogP contribution >= 0.6 is 12.2 Å². The Hall–Kier alpha value is -0.350. The SMILES string of the molecule is CN1C[C@H]2CN(C(C)(C)C)CCN2C1=S. The average Bonchev–Trinajstić information content (AvgIpc) is 2.41. The lowest BCUT2D eigenvalue weighted by atomic mass is 10.0. The second-order valence-electron chi connectivity index (χ2n) is 5.63. The molecule has 0 bridgehead atoms. The maximum atomic E-state index is 5.40. The third kappa shape index (κ3) is 1.97. The molecule has 2 aliphatic rings. The van der Waals surface area contributed by atoms with Gasteiger partial charge in [-0.2, -0.15) is 0 Å². The van der Waals surface area contributed by atoms with Crippen LogP contribution < -0.4 is 0 Å². The molecule has 4 heteroatoms. The largest absolute Gasteiger partial charge is 0.350 e. The number of hydrogen-bond donors (Lipinski definition) is 0. The van der Waals surface area contributed by atoms with Crippen LogP contribution in [0.3, 0.4) is 0 Å². The molecule has 0 aliphatic carbocycles. The second-order valence-corrected chi connectivity index (χ2v) is 5.99. The molecule has 2 rings (SSSR count). The Morgan fingerprint density at radius 1 is 1.20 bits per heavy atom. The molecule has 86 valence electrons. The normalized spacial score (nSPS) is 28.5. The molecule has 0 spiro atoms. The highest BCUT2D eigenvalue weighted by Crippen LogP contribution is 2.24. The smallest absolute Gasteiger partial charge is 0.171 e. The maximum absolute atomic E-state index is 5.40. The van der Waals surface area contributed by atoms with E-state index in [0.717, 1.165) is 31.3 Å². The minimum absolute atomic E-state index is 0.287. The quantitative estimate of drug-likeness (QED) is 0.571. The van der Waals surface area contributed by atoms with Gasteiger partial charge >= 0.3 is 0 Å². The molecule has 2 aliphatic heterocycles. The number of rotatable bonds is 0. The van der Waals surface area contributed by atoms with E-state index in [0.29, 0.717) is 6.04 Å². The maximum Gasteiger partial charge on any atom is 0.171 e. The van der Waals surface area contributed by atoms with Crippen LogP contribution in [0.2, 0.25) is 0 Å². The van der Waals surface area contributed by atoms with Crippen LogP contribution in [-0.2, 0) is 0 Å². The number of fused-ring (bicyclic) bond motifs is 1. The third-order valence-corrected chi connectivity index (χ3v) is 4.03. The Morgan fingerprint density at radius 3 is 2.47 bits per heavy atom. The zero-order valence-corrected chi connectivity index (χ0v) is 11.0. The molecular formula is C11H21N3S. The number of hydrogen-bond acceptors (Lipinski definition) is 2. The minimum Gasteiger partial charge on any atom is -0.350 e. The van der Waals surface area contributed by atoms with Gasteiger partial charge in [0.2, 0.25) is 0 Å². The molecule has 2 saturated heterocycles. The molecule has 0 aromatic rings. The molecule has 1 atom stereocenters. The Labute approximate surface area is 98.0 Å². The van der Waals surface area contributed by atoms with Crippen LogP contribution in [0.15, 0.2) is 0 Å². The summed E-state index contributed by atoms with van der Waals surface area (Å²) in [5.41, 5.74) is 0.287. The van der Waals surface area contributed by atoms with E-state index >= 15 is 0 Å². The van der Waals surface area contributed by atoms with Crippen LogP contribution in [0, 0.1) is 0 Å². The molecule has 0 N–H and O–H groups in total. The predicted octanol–water partition coefficient (Wildman–Crippen LogP) is 1.00. The molecule has 0 aromatic heterocycles. The first-order valence-corrected chi connectivity index (χ1v) is 6.07. The standard InChI is InChI=1S/C11H21N3S/c1-11(2,3)13-5-6-14-9(8-13)7-12(4)10(14)15/h9H,5-8H2,1-4H3/t9-/m0/s1. The lowest BCUT2D eigenvalue weighted by Crippen LogP contribution is -2.57. The first-order chi connectivity index (χ1) is 6.89. The summed E-state index contributed by atoms with van der Waals surface area (Å²) in [6.45, 7) is 11.3. The second kappa shape index (κ2) is 3.59. The fraction of sp³-hybridized carbons (Fsp3) is 0.909. The van der Waals surface area contributed by atoms with Crippen molar-refractivity contribution in [2.45, 2.75) is 32.4 Å². The van der Waals surface area contributed by atoms with Gasteiger partial charge in [0.25, 0.3) is 0 Å². The van der Waals surface area contributed by atoms with Crippen molar-refractivity contribution < 1.29 is 0 Å². The highest BCUT2D eigenvalue weighted by atomic mass is 32.1. The molecule has 0 aromatic carbocycles. The van der Waals surface area contributed by atoms with E-state index in [2.05, 4.69) is 42.5 Å². The number of nitrogens with zero attached hydrogens (tertiary/aromatic N) is 3. The van der Waals surface area contributed by atoms with Crippen molar-refractivity contribution in [3.8, 4) is 0 Å². The van der Waals surface area contributed by atoms with Crippen LogP contribution in [0.4, 0.5) is 0 Å². The van der Waals surface area contributed by atoms with Crippen LogP contribution in [0.1, 0.15) is 20.8 Å². The van der Waals surface area contributed by atoms with E-state index in [1.807, 2.05) is 0 Å². The van der Waals surface area contributed by atoms with Crippen molar-refractivity contribution in [3.05, 3.63) is 0 Å². The van der Waals surface area contributed by atoms with Crippen molar-refractivity contribution >= 4 is 17.3 Å². The molecule has 3 nitrogen and oxygen atoms in total. The van der Waals surface area contributed by atoms with Gasteiger partial charge in [-0.05, 0) is 33.0 Å². The van der Waals surface area contributed by atoms with Crippen molar-refractivity contribution in [1.29, 1.82) is 0 Å². The van der Waals surface area contributed by atoms with Crippen LogP contribution in [-0.4, -0.2) is 64.6 Å². The molecule has 0 unspecified atom stereocenters.